The van der Waals surface area contributed by atoms with E-state index in [-0.39, 0.29) is 11.6 Å². The van der Waals surface area contributed by atoms with Gasteiger partial charge >= 0.3 is 0 Å². The van der Waals surface area contributed by atoms with Gasteiger partial charge in [-0.05, 0) is 31.0 Å². The summed E-state index contributed by atoms with van der Waals surface area (Å²) in [5, 5.41) is 14.1. The van der Waals surface area contributed by atoms with Crippen LogP contribution in [-0.4, -0.2) is 50.8 Å². The molecule has 1 aliphatic rings. The summed E-state index contributed by atoms with van der Waals surface area (Å²) in [5.74, 6) is 0.441. The first-order chi connectivity index (χ1) is 14.0. The smallest absolute Gasteiger partial charge is 0.270 e. The van der Waals surface area contributed by atoms with Crippen LogP contribution < -0.4 is 15.0 Å². The first kappa shape index (κ1) is 20.6. The van der Waals surface area contributed by atoms with E-state index in [4.69, 9.17) is 9.47 Å². The van der Waals surface area contributed by atoms with Gasteiger partial charge < -0.3 is 19.7 Å². The van der Waals surface area contributed by atoms with Crippen LogP contribution in [0.5, 0.6) is 5.75 Å². The number of rotatable bonds is 7. The molecule has 1 fully saturated rings. The number of aryl methyl sites for hydroxylation is 1. The molecule has 8 nitrogen and oxygen atoms in total. The molecule has 29 heavy (non-hydrogen) atoms. The first-order valence-electron chi connectivity index (χ1n) is 9.52. The van der Waals surface area contributed by atoms with E-state index >= 15 is 0 Å². The van der Waals surface area contributed by atoms with Gasteiger partial charge in [-0.25, -0.2) is 0 Å². The number of non-ortho nitro benzene ring substituents is 1. The molecule has 1 N–H and O–H groups in total. The minimum Gasteiger partial charge on any atom is -0.496 e. The minimum absolute atomic E-state index is 0.104. The number of anilines is 1. The van der Waals surface area contributed by atoms with Gasteiger partial charge in [-0.3, -0.25) is 14.9 Å². The highest BCUT2D eigenvalue weighted by Gasteiger charge is 2.22. The van der Waals surface area contributed by atoms with E-state index < -0.39 is 4.92 Å². The fourth-order valence-corrected chi connectivity index (χ4v) is 3.41. The number of ether oxygens (including phenoxy) is 2. The third kappa shape index (κ3) is 5.03. The molecule has 1 aliphatic heterocycles. The number of carbonyl (C=O) groups is 1. The van der Waals surface area contributed by atoms with Crippen molar-refractivity contribution in [1.29, 1.82) is 0 Å². The third-order valence-corrected chi connectivity index (χ3v) is 4.90. The number of amides is 1. The fraction of sp³-hybridized carbons (Fsp3) is 0.381. The molecule has 0 aromatic heterocycles. The van der Waals surface area contributed by atoms with E-state index in [2.05, 4.69) is 5.32 Å². The minimum atomic E-state index is -0.489. The van der Waals surface area contributed by atoms with Crippen molar-refractivity contribution in [2.75, 3.05) is 44.9 Å². The summed E-state index contributed by atoms with van der Waals surface area (Å²) in [5.41, 5.74) is 3.00. The monoisotopic (exact) mass is 399 g/mol. The number of benzene rings is 2. The van der Waals surface area contributed by atoms with Gasteiger partial charge in [-0.2, -0.15) is 0 Å². The maximum Gasteiger partial charge on any atom is 0.270 e. The van der Waals surface area contributed by atoms with Crippen LogP contribution in [0.25, 0.3) is 0 Å². The zero-order chi connectivity index (χ0) is 20.8. The highest BCUT2D eigenvalue weighted by Crippen LogP contribution is 2.26. The topological polar surface area (TPSA) is 93.9 Å². The SMILES string of the molecule is COc1ccc(C)cc1CCNC(=O)c1cc([N+](=O)[O-])ccc1N1CCOCC1. The lowest BCUT2D eigenvalue weighted by atomic mass is 10.1. The van der Waals surface area contributed by atoms with Gasteiger partial charge in [0.05, 0.1) is 36.5 Å². The number of methoxy groups -OCH3 is 1. The number of nitro groups is 1. The zero-order valence-electron chi connectivity index (χ0n) is 16.6. The first-order valence-corrected chi connectivity index (χ1v) is 9.52. The molecule has 8 heteroatoms. The van der Waals surface area contributed by atoms with Gasteiger partial charge in [0.25, 0.3) is 11.6 Å². The molecule has 3 rings (SSSR count). The van der Waals surface area contributed by atoms with E-state index in [0.717, 1.165) is 16.9 Å². The normalized spacial score (nSPS) is 13.8. The number of carbonyl (C=O) groups excluding carboxylic acids is 1. The van der Waals surface area contributed by atoms with Crippen LogP contribution in [-0.2, 0) is 11.2 Å². The lowest BCUT2D eigenvalue weighted by molar-refractivity contribution is -0.384. The average molecular weight is 399 g/mol. The Morgan fingerprint density at radius 2 is 2.00 bits per heavy atom. The Morgan fingerprint density at radius 1 is 1.24 bits per heavy atom. The standard InChI is InChI=1S/C21H25N3O5/c1-15-3-6-20(28-2)16(13-15)7-8-22-21(25)18-14-17(24(26)27)4-5-19(18)23-9-11-29-12-10-23/h3-6,13-14H,7-12H2,1-2H3,(H,22,25). The second kappa shape index (κ2) is 9.38. The molecule has 2 aromatic carbocycles. The molecule has 0 bridgehead atoms. The summed E-state index contributed by atoms with van der Waals surface area (Å²) < 4.78 is 10.7. The van der Waals surface area contributed by atoms with Crippen molar-refractivity contribution in [2.45, 2.75) is 13.3 Å². The van der Waals surface area contributed by atoms with Crippen molar-refractivity contribution in [3.8, 4) is 5.75 Å². The molecule has 1 heterocycles. The van der Waals surface area contributed by atoms with Gasteiger partial charge in [-0.1, -0.05) is 17.7 Å². The molecule has 0 spiro atoms. The number of nitrogens with one attached hydrogen (secondary N) is 1. The predicted molar refractivity (Wildman–Crippen MR) is 110 cm³/mol. The van der Waals surface area contributed by atoms with Crippen molar-refractivity contribution in [3.63, 3.8) is 0 Å². The lowest BCUT2D eigenvalue weighted by Crippen LogP contribution is -2.38. The molecular formula is C21H25N3O5. The fourth-order valence-electron chi connectivity index (χ4n) is 3.41. The predicted octanol–water partition coefficient (Wildman–Crippen LogP) is 2.72. The Bertz CT molecular complexity index is 894. The van der Waals surface area contributed by atoms with Crippen molar-refractivity contribution >= 4 is 17.3 Å². The Labute approximate surface area is 169 Å². The highest BCUT2D eigenvalue weighted by molar-refractivity contribution is 6.00. The summed E-state index contributed by atoms with van der Waals surface area (Å²) in [6.07, 6.45) is 0.596. The summed E-state index contributed by atoms with van der Waals surface area (Å²) >= 11 is 0. The van der Waals surface area contributed by atoms with Crippen LogP contribution in [0.1, 0.15) is 21.5 Å². The van der Waals surface area contributed by atoms with Gasteiger partial charge in [0, 0.05) is 31.8 Å². The Hall–Kier alpha value is -3.13. The Morgan fingerprint density at radius 3 is 2.69 bits per heavy atom. The molecule has 1 amide bonds. The third-order valence-electron chi connectivity index (χ3n) is 4.90. The average Bonchev–Trinajstić information content (AvgIpc) is 2.74. The number of hydrogen-bond acceptors (Lipinski definition) is 6. The van der Waals surface area contributed by atoms with Gasteiger partial charge in [-0.15, -0.1) is 0 Å². The van der Waals surface area contributed by atoms with E-state index in [0.29, 0.717) is 50.5 Å². The van der Waals surface area contributed by atoms with Crippen molar-refractivity contribution in [3.05, 3.63) is 63.2 Å². The number of nitrogens with zero attached hydrogens (tertiary/aromatic N) is 2. The van der Waals surface area contributed by atoms with Crippen LogP contribution >= 0.6 is 0 Å². The summed E-state index contributed by atoms with van der Waals surface area (Å²) in [7, 11) is 1.62. The number of hydrogen-bond donors (Lipinski definition) is 1. The quantitative estimate of drug-likeness (QED) is 0.568. The van der Waals surface area contributed by atoms with E-state index in [9.17, 15) is 14.9 Å². The van der Waals surface area contributed by atoms with Crippen molar-refractivity contribution in [1.82, 2.24) is 5.32 Å². The van der Waals surface area contributed by atoms with Crippen molar-refractivity contribution < 1.29 is 19.2 Å². The lowest BCUT2D eigenvalue weighted by Gasteiger charge is -2.30. The van der Waals surface area contributed by atoms with Crippen LogP contribution in [0.4, 0.5) is 11.4 Å². The summed E-state index contributed by atoms with van der Waals surface area (Å²) in [6.45, 7) is 4.79. The van der Waals surface area contributed by atoms with Crippen LogP contribution in [0, 0.1) is 17.0 Å². The molecule has 0 saturated carbocycles. The van der Waals surface area contributed by atoms with Gasteiger partial charge in [0.15, 0.2) is 0 Å². The van der Waals surface area contributed by atoms with Crippen LogP contribution in [0.2, 0.25) is 0 Å². The van der Waals surface area contributed by atoms with E-state index in [1.165, 1.54) is 12.1 Å². The molecule has 154 valence electrons. The molecule has 2 aromatic rings. The summed E-state index contributed by atoms with van der Waals surface area (Å²) in [4.78, 5) is 25.6. The number of nitro benzene ring substituents is 1. The van der Waals surface area contributed by atoms with E-state index in [1.807, 2.05) is 30.0 Å². The Balaban J connectivity index is 1.76. The maximum atomic E-state index is 12.9. The van der Waals surface area contributed by atoms with Gasteiger partial charge in [0.2, 0.25) is 0 Å². The molecule has 0 radical (unpaired) electrons. The van der Waals surface area contributed by atoms with Gasteiger partial charge in [0.1, 0.15) is 5.75 Å². The zero-order valence-corrected chi connectivity index (χ0v) is 16.6. The molecule has 0 aliphatic carbocycles. The molecule has 0 unspecified atom stereocenters. The number of morpholine rings is 1. The molecular weight excluding hydrogens is 374 g/mol. The van der Waals surface area contributed by atoms with Crippen LogP contribution in [0.3, 0.4) is 0 Å². The second-order valence-corrected chi connectivity index (χ2v) is 6.88. The second-order valence-electron chi connectivity index (χ2n) is 6.88. The van der Waals surface area contributed by atoms with Crippen molar-refractivity contribution in [2.24, 2.45) is 0 Å². The molecule has 0 atom stereocenters. The maximum absolute atomic E-state index is 12.9. The highest BCUT2D eigenvalue weighted by atomic mass is 16.6. The summed E-state index contributed by atoms with van der Waals surface area (Å²) in [6, 6.07) is 10.3. The molecule has 1 saturated heterocycles. The van der Waals surface area contributed by atoms with Crippen LogP contribution in [0.15, 0.2) is 36.4 Å². The largest absolute Gasteiger partial charge is 0.496 e. The van der Waals surface area contributed by atoms with E-state index in [1.54, 1.807) is 13.2 Å². The Kier molecular flexibility index (Phi) is 6.66.